The number of rotatable bonds is 5. The lowest BCUT2D eigenvalue weighted by Crippen LogP contribution is -2.06. The average Bonchev–Trinajstić information content (AvgIpc) is 2.75. The Morgan fingerprint density at radius 3 is 2.94 bits per heavy atom. The van der Waals surface area contributed by atoms with E-state index in [1.54, 1.807) is 11.3 Å². The van der Waals surface area contributed by atoms with Crippen LogP contribution in [-0.4, -0.2) is 11.6 Å². The fraction of sp³-hybridized carbons (Fsp3) is 0.308. The van der Waals surface area contributed by atoms with Crippen molar-refractivity contribution < 1.29 is 4.74 Å². The lowest BCUT2D eigenvalue weighted by atomic mass is 10.2. The molecule has 0 aliphatic rings. The van der Waals surface area contributed by atoms with Crippen LogP contribution < -0.4 is 10.5 Å². The summed E-state index contributed by atoms with van der Waals surface area (Å²) in [6.07, 6.45) is 0.854. The molecule has 0 aliphatic carbocycles. The molecule has 96 valence electrons. The zero-order chi connectivity index (χ0) is 13.0. The SMILES string of the molecule is Cc1ncsc1CCOc1cccc(Cl)c1CN. The summed E-state index contributed by atoms with van der Waals surface area (Å²) >= 11 is 7.72. The monoisotopic (exact) mass is 282 g/mol. The first-order valence-electron chi connectivity index (χ1n) is 5.71. The molecule has 18 heavy (non-hydrogen) atoms. The maximum Gasteiger partial charge on any atom is 0.125 e. The van der Waals surface area contributed by atoms with Crippen LogP contribution in [0, 0.1) is 6.92 Å². The normalized spacial score (nSPS) is 10.6. The van der Waals surface area contributed by atoms with Gasteiger partial charge in [-0.1, -0.05) is 17.7 Å². The summed E-state index contributed by atoms with van der Waals surface area (Å²) in [7, 11) is 0. The van der Waals surface area contributed by atoms with Gasteiger partial charge in [-0.05, 0) is 19.1 Å². The summed E-state index contributed by atoms with van der Waals surface area (Å²) in [6.45, 7) is 3.00. The van der Waals surface area contributed by atoms with E-state index in [-0.39, 0.29) is 0 Å². The standard InChI is InChI=1S/C13H15ClN2OS/c1-9-13(18-8-16-9)5-6-17-12-4-2-3-11(14)10(12)7-15/h2-4,8H,5-7,15H2,1H3. The van der Waals surface area contributed by atoms with Crippen molar-refractivity contribution in [3.8, 4) is 5.75 Å². The third kappa shape index (κ3) is 3.02. The number of nitrogens with two attached hydrogens (primary N) is 1. The van der Waals surface area contributed by atoms with Crippen molar-refractivity contribution in [3.05, 3.63) is 44.9 Å². The molecule has 5 heteroatoms. The molecule has 0 amide bonds. The zero-order valence-electron chi connectivity index (χ0n) is 10.1. The maximum atomic E-state index is 6.07. The molecule has 0 saturated heterocycles. The van der Waals surface area contributed by atoms with Crippen LogP contribution in [0.2, 0.25) is 5.02 Å². The number of nitrogens with zero attached hydrogens (tertiary/aromatic N) is 1. The summed E-state index contributed by atoms with van der Waals surface area (Å²) in [5.74, 6) is 0.771. The van der Waals surface area contributed by atoms with Gasteiger partial charge in [0.05, 0.1) is 17.8 Å². The highest BCUT2D eigenvalue weighted by Gasteiger charge is 2.07. The smallest absolute Gasteiger partial charge is 0.125 e. The molecule has 0 unspecified atom stereocenters. The van der Waals surface area contributed by atoms with Gasteiger partial charge in [-0.3, -0.25) is 0 Å². The molecule has 0 spiro atoms. The number of halogens is 1. The second-order valence-corrected chi connectivity index (χ2v) is 5.23. The Balaban J connectivity index is 1.98. The number of benzene rings is 1. The first-order chi connectivity index (χ1) is 8.72. The van der Waals surface area contributed by atoms with Crippen LogP contribution in [0.5, 0.6) is 5.75 Å². The van der Waals surface area contributed by atoms with Crippen LogP contribution in [0.3, 0.4) is 0 Å². The maximum absolute atomic E-state index is 6.07. The van der Waals surface area contributed by atoms with Crippen LogP contribution in [0.25, 0.3) is 0 Å². The van der Waals surface area contributed by atoms with Crippen LogP contribution >= 0.6 is 22.9 Å². The summed E-state index contributed by atoms with van der Waals surface area (Å²) in [5, 5.41) is 0.656. The molecular weight excluding hydrogens is 268 g/mol. The van der Waals surface area contributed by atoms with Crippen molar-refractivity contribution in [2.24, 2.45) is 5.73 Å². The van der Waals surface area contributed by atoms with Crippen molar-refractivity contribution in [1.82, 2.24) is 4.98 Å². The average molecular weight is 283 g/mol. The van der Waals surface area contributed by atoms with Crippen LogP contribution in [0.4, 0.5) is 0 Å². The first kappa shape index (κ1) is 13.3. The molecule has 1 heterocycles. The van der Waals surface area contributed by atoms with Gasteiger partial charge in [0.1, 0.15) is 5.75 Å². The Morgan fingerprint density at radius 1 is 1.44 bits per heavy atom. The molecule has 1 aromatic heterocycles. The fourth-order valence-corrected chi connectivity index (χ4v) is 2.70. The number of hydrogen-bond acceptors (Lipinski definition) is 4. The molecule has 0 fully saturated rings. The highest BCUT2D eigenvalue weighted by molar-refractivity contribution is 7.09. The third-order valence-corrected chi connectivity index (χ3v) is 4.06. The molecule has 0 atom stereocenters. The molecule has 0 aliphatic heterocycles. The van der Waals surface area contributed by atoms with E-state index in [1.165, 1.54) is 4.88 Å². The van der Waals surface area contributed by atoms with Crippen molar-refractivity contribution in [3.63, 3.8) is 0 Å². The molecule has 2 N–H and O–H groups in total. The van der Waals surface area contributed by atoms with E-state index in [1.807, 2.05) is 30.6 Å². The lowest BCUT2D eigenvalue weighted by Gasteiger charge is -2.11. The number of hydrogen-bond donors (Lipinski definition) is 1. The van der Waals surface area contributed by atoms with Crippen molar-refractivity contribution in [2.45, 2.75) is 19.9 Å². The quantitative estimate of drug-likeness (QED) is 0.916. The summed E-state index contributed by atoms with van der Waals surface area (Å²) < 4.78 is 5.75. The predicted molar refractivity (Wildman–Crippen MR) is 75.4 cm³/mol. The second kappa shape index (κ2) is 6.18. The molecule has 1 aromatic carbocycles. The Morgan fingerprint density at radius 2 is 2.28 bits per heavy atom. The summed E-state index contributed by atoms with van der Waals surface area (Å²) in [4.78, 5) is 5.47. The third-order valence-electron chi connectivity index (χ3n) is 2.71. The minimum Gasteiger partial charge on any atom is -0.493 e. The zero-order valence-corrected chi connectivity index (χ0v) is 11.7. The van der Waals surface area contributed by atoms with Crippen LogP contribution in [0.1, 0.15) is 16.1 Å². The Kier molecular flexibility index (Phi) is 4.58. The fourth-order valence-electron chi connectivity index (χ4n) is 1.69. The summed E-state index contributed by atoms with van der Waals surface area (Å²) in [5.41, 5.74) is 9.46. The van der Waals surface area contributed by atoms with Crippen molar-refractivity contribution in [2.75, 3.05) is 6.61 Å². The van der Waals surface area contributed by atoms with E-state index >= 15 is 0 Å². The molecule has 0 radical (unpaired) electrons. The largest absolute Gasteiger partial charge is 0.493 e. The van der Waals surface area contributed by atoms with Crippen LogP contribution in [0.15, 0.2) is 23.7 Å². The molecular formula is C13H15ClN2OS. The van der Waals surface area contributed by atoms with Crippen molar-refractivity contribution in [1.29, 1.82) is 0 Å². The van der Waals surface area contributed by atoms with E-state index in [4.69, 9.17) is 22.1 Å². The molecule has 0 saturated carbocycles. The minimum atomic E-state index is 0.384. The molecule has 2 rings (SSSR count). The van der Waals surface area contributed by atoms with Gasteiger partial charge in [0.2, 0.25) is 0 Å². The number of thiazole rings is 1. The predicted octanol–water partition coefficient (Wildman–Crippen LogP) is 3.19. The van der Waals surface area contributed by atoms with Crippen molar-refractivity contribution >= 4 is 22.9 Å². The van der Waals surface area contributed by atoms with Gasteiger partial charge in [0.25, 0.3) is 0 Å². The second-order valence-electron chi connectivity index (χ2n) is 3.88. The van der Waals surface area contributed by atoms with E-state index in [2.05, 4.69) is 4.98 Å². The Hall–Kier alpha value is -1.10. The summed E-state index contributed by atoms with van der Waals surface area (Å²) in [6, 6.07) is 5.59. The lowest BCUT2D eigenvalue weighted by molar-refractivity contribution is 0.319. The van der Waals surface area contributed by atoms with Gasteiger partial charge >= 0.3 is 0 Å². The number of aromatic nitrogens is 1. The molecule has 3 nitrogen and oxygen atoms in total. The van der Waals surface area contributed by atoms with Gasteiger partial charge in [0.15, 0.2) is 0 Å². The van der Waals surface area contributed by atoms with E-state index in [0.29, 0.717) is 18.2 Å². The first-order valence-corrected chi connectivity index (χ1v) is 6.97. The topological polar surface area (TPSA) is 48.1 Å². The Bertz CT molecular complexity index is 527. The Labute approximate surface area is 116 Å². The van der Waals surface area contributed by atoms with Gasteiger partial charge in [0, 0.05) is 28.4 Å². The highest BCUT2D eigenvalue weighted by Crippen LogP contribution is 2.26. The number of aryl methyl sites for hydroxylation is 1. The molecule has 2 aromatic rings. The van der Waals surface area contributed by atoms with Gasteiger partial charge < -0.3 is 10.5 Å². The number of ether oxygens (including phenoxy) is 1. The van der Waals surface area contributed by atoms with Crippen LogP contribution in [-0.2, 0) is 13.0 Å². The van der Waals surface area contributed by atoms with E-state index in [0.717, 1.165) is 23.4 Å². The van der Waals surface area contributed by atoms with E-state index < -0.39 is 0 Å². The highest BCUT2D eigenvalue weighted by atomic mass is 35.5. The van der Waals surface area contributed by atoms with Gasteiger partial charge in [-0.15, -0.1) is 11.3 Å². The minimum absolute atomic E-state index is 0.384. The van der Waals surface area contributed by atoms with Gasteiger partial charge in [-0.25, -0.2) is 4.98 Å². The molecule has 0 bridgehead atoms. The van der Waals surface area contributed by atoms with E-state index in [9.17, 15) is 0 Å². The van der Waals surface area contributed by atoms with Gasteiger partial charge in [-0.2, -0.15) is 0 Å².